The lowest BCUT2D eigenvalue weighted by Crippen LogP contribution is -2.12. The summed E-state index contributed by atoms with van der Waals surface area (Å²) in [6.07, 6.45) is 2.51. The van der Waals surface area contributed by atoms with Gasteiger partial charge in [-0.05, 0) is 38.4 Å². The highest BCUT2D eigenvalue weighted by Crippen LogP contribution is 2.32. The van der Waals surface area contributed by atoms with Crippen LogP contribution in [0.5, 0.6) is 0 Å². The van der Waals surface area contributed by atoms with Gasteiger partial charge in [0.1, 0.15) is 5.01 Å². The fraction of sp³-hybridized carbons (Fsp3) is 0.417. The molecule has 16 heavy (non-hydrogen) atoms. The lowest BCUT2D eigenvalue weighted by molar-refractivity contribution is 0.643. The van der Waals surface area contributed by atoms with E-state index in [0.29, 0.717) is 6.04 Å². The van der Waals surface area contributed by atoms with E-state index in [9.17, 15) is 0 Å². The Kier molecular flexibility index (Phi) is 2.79. The Morgan fingerprint density at radius 3 is 3.06 bits per heavy atom. The lowest BCUT2D eigenvalue weighted by atomic mass is 10.2. The van der Waals surface area contributed by atoms with Crippen molar-refractivity contribution in [1.29, 1.82) is 0 Å². The number of rotatable bonds is 2. The first-order valence-electron chi connectivity index (χ1n) is 5.58. The zero-order valence-electron chi connectivity index (χ0n) is 9.19. The summed E-state index contributed by atoms with van der Waals surface area (Å²) in [5, 5.41) is 6.92. The molecule has 0 aliphatic carbocycles. The van der Waals surface area contributed by atoms with Gasteiger partial charge in [-0.1, -0.05) is 0 Å². The molecule has 1 aliphatic rings. The first kappa shape index (κ1) is 10.4. The van der Waals surface area contributed by atoms with Crippen LogP contribution >= 0.6 is 22.7 Å². The summed E-state index contributed by atoms with van der Waals surface area (Å²) < 4.78 is 0. The van der Waals surface area contributed by atoms with Crippen molar-refractivity contribution in [2.24, 2.45) is 0 Å². The highest BCUT2D eigenvalue weighted by molar-refractivity contribution is 7.16. The Labute approximate surface area is 103 Å². The third-order valence-corrected chi connectivity index (χ3v) is 4.85. The van der Waals surface area contributed by atoms with Crippen LogP contribution in [-0.4, -0.2) is 11.5 Å². The third-order valence-electron chi connectivity index (χ3n) is 2.87. The molecule has 1 unspecified atom stereocenters. The largest absolute Gasteiger partial charge is 0.308 e. The van der Waals surface area contributed by atoms with Gasteiger partial charge in [0.05, 0.1) is 16.6 Å². The second kappa shape index (κ2) is 4.28. The summed E-state index contributed by atoms with van der Waals surface area (Å²) in [5.74, 6) is 0. The van der Waals surface area contributed by atoms with Crippen molar-refractivity contribution >= 4 is 22.7 Å². The van der Waals surface area contributed by atoms with Crippen molar-refractivity contribution in [3.63, 3.8) is 0 Å². The van der Waals surface area contributed by atoms with Gasteiger partial charge in [-0.25, -0.2) is 4.98 Å². The van der Waals surface area contributed by atoms with Gasteiger partial charge in [0.15, 0.2) is 0 Å². The van der Waals surface area contributed by atoms with Gasteiger partial charge in [-0.3, -0.25) is 0 Å². The third kappa shape index (κ3) is 1.93. The molecule has 3 rings (SSSR count). The summed E-state index contributed by atoms with van der Waals surface area (Å²) in [6.45, 7) is 3.28. The van der Waals surface area contributed by atoms with E-state index in [1.165, 1.54) is 27.6 Å². The Balaban J connectivity index is 1.87. The molecule has 0 radical (unpaired) electrons. The maximum atomic E-state index is 4.74. The Morgan fingerprint density at radius 1 is 1.44 bits per heavy atom. The molecule has 1 aliphatic heterocycles. The molecule has 0 aromatic carbocycles. The van der Waals surface area contributed by atoms with Crippen LogP contribution in [0, 0.1) is 6.92 Å². The monoisotopic (exact) mass is 250 g/mol. The first-order valence-corrected chi connectivity index (χ1v) is 7.28. The van der Waals surface area contributed by atoms with Crippen LogP contribution in [0.2, 0.25) is 0 Å². The number of nitrogens with zero attached hydrogens (tertiary/aromatic N) is 1. The molecular formula is C12H14N2S2. The summed E-state index contributed by atoms with van der Waals surface area (Å²) in [4.78, 5) is 7.38. The van der Waals surface area contributed by atoms with Crippen molar-refractivity contribution in [3.8, 4) is 10.6 Å². The second-order valence-electron chi connectivity index (χ2n) is 4.13. The van der Waals surface area contributed by atoms with Gasteiger partial charge in [-0.2, -0.15) is 0 Å². The minimum absolute atomic E-state index is 0.500. The molecular weight excluding hydrogens is 236 g/mol. The predicted octanol–water partition coefficient (Wildman–Crippen LogP) is 3.60. The maximum absolute atomic E-state index is 4.74. The maximum Gasteiger partial charge on any atom is 0.110 e. The van der Waals surface area contributed by atoms with Gasteiger partial charge < -0.3 is 5.32 Å². The van der Waals surface area contributed by atoms with E-state index in [2.05, 4.69) is 29.8 Å². The molecule has 1 saturated heterocycles. The fourth-order valence-electron chi connectivity index (χ4n) is 2.03. The van der Waals surface area contributed by atoms with Gasteiger partial charge >= 0.3 is 0 Å². The van der Waals surface area contributed by atoms with Gasteiger partial charge in [0, 0.05) is 10.3 Å². The summed E-state index contributed by atoms with van der Waals surface area (Å²) in [7, 11) is 0. The van der Waals surface area contributed by atoms with Crippen LogP contribution in [0.3, 0.4) is 0 Å². The van der Waals surface area contributed by atoms with Crippen LogP contribution in [0.4, 0.5) is 0 Å². The number of hydrogen-bond acceptors (Lipinski definition) is 4. The molecule has 84 valence electrons. The normalized spacial score (nSPS) is 20.4. The number of hydrogen-bond donors (Lipinski definition) is 1. The van der Waals surface area contributed by atoms with Crippen LogP contribution in [0.1, 0.15) is 28.8 Å². The number of aryl methyl sites for hydroxylation is 1. The molecule has 1 N–H and O–H groups in total. The SMILES string of the molecule is Cc1ccc(-c2csc(C3CCCN3)n2)s1. The van der Waals surface area contributed by atoms with Crippen LogP contribution < -0.4 is 5.32 Å². The highest BCUT2D eigenvalue weighted by atomic mass is 32.1. The standard InChI is InChI=1S/C12H14N2S2/c1-8-4-5-11(16-8)10-7-15-12(14-10)9-3-2-6-13-9/h4-5,7,9,13H,2-3,6H2,1H3. The average Bonchev–Trinajstić information content (AvgIpc) is 2.97. The molecule has 4 heteroatoms. The van der Waals surface area contributed by atoms with Gasteiger partial charge in [0.25, 0.3) is 0 Å². The Hall–Kier alpha value is -0.710. The van der Waals surface area contributed by atoms with Crippen molar-refractivity contribution in [3.05, 3.63) is 27.4 Å². The number of aromatic nitrogens is 1. The zero-order valence-corrected chi connectivity index (χ0v) is 10.8. The van der Waals surface area contributed by atoms with Gasteiger partial charge in [-0.15, -0.1) is 22.7 Å². The zero-order chi connectivity index (χ0) is 11.0. The quantitative estimate of drug-likeness (QED) is 0.881. The molecule has 3 heterocycles. The molecule has 0 amide bonds. The van der Waals surface area contributed by atoms with E-state index in [0.717, 1.165) is 12.2 Å². The van der Waals surface area contributed by atoms with E-state index >= 15 is 0 Å². The minimum Gasteiger partial charge on any atom is -0.308 e. The summed E-state index contributed by atoms with van der Waals surface area (Å²) in [5.41, 5.74) is 1.15. The summed E-state index contributed by atoms with van der Waals surface area (Å²) >= 11 is 3.60. The van der Waals surface area contributed by atoms with Gasteiger partial charge in [0.2, 0.25) is 0 Å². The average molecular weight is 250 g/mol. The number of thiazole rings is 1. The minimum atomic E-state index is 0.500. The van der Waals surface area contributed by atoms with E-state index in [4.69, 9.17) is 4.98 Å². The van der Waals surface area contributed by atoms with E-state index in [1.807, 2.05) is 11.3 Å². The van der Waals surface area contributed by atoms with E-state index < -0.39 is 0 Å². The predicted molar refractivity (Wildman–Crippen MR) is 70.1 cm³/mol. The molecule has 0 bridgehead atoms. The molecule has 0 saturated carbocycles. The van der Waals surface area contributed by atoms with Crippen molar-refractivity contribution in [2.45, 2.75) is 25.8 Å². The fourth-order valence-corrected chi connectivity index (χ4v) is 3.86. The van der Waals surface area contributed by atoms with Crippen molar-refractivity contribution in [1.82, 2.24) is 10.3 Å². The van der Waals surface area contributed by atoms with E-state index in [-0.39, 0.29) is 0 Å². The molecule has 2 aromatic heterocycles. The second-order valence-corrected chi connectivity index (χ2v) is 6.31. The molecule has 1 atom stereocenters. The van der Waals surface area contributed by atoms with Crippen molar-refractivity contribution in [2.75, 3.05) is 6.54 Å². The smallest absolute Gasteiger partial charge is 0.110 e. The van der Waals surface area contributed by atoms with Crippen molar-refractivity contribution < 1.29 is 0 Å². The first-order chi connectivity index (χ1) is 7.83. The number of thiophene rings is 1. The molecule has 2 aromatic rings. The topological polar surface area (TPSA) is 24.9 Å². The van der Waals surface area contributed by atoms with E-state index in [1.54, 1.807) is 11.3 Å². The highest BCUT2D eigenvalue weighted by Gasteiger charge is 2.19. The van der Waals surface area contributed by atoms with Crippen LogP contribution in [0.15, 0.2) is 17.5 Å². The van der Waals surface area contributed by atoms with Crippen LogP contribution in [-0.2, 0) is 0 Å². The Bertz CT molecular complexity index is 481. The molecule has 2 nitrogen and oxygen atoms in total. The summed E-state index contributed by atoms with van der Waals surface area (Å²) in [6, 6.07) is 4.83. The Morgan fingerprint density at radius 2 is 2.38 bits per heavy atom. The van der Waals surface area contributed by atoms with Crippen LogP contribution in [0.25, 0.3) is 10.6 Å². The lowest BCUT2D eigenvalue weighted by Gasteiger charge is -2.04. The molecule has 1 fully saturated rings. The number of nitrogens with one attached hydrogen (secondary N) is 1. The molecule has 0 spiro atoms.